The van der Waals surface area contributed by atoms with Crippen LogP contribution in [0, 0.1) is 13.8 Å². The summed E-state index contributed by atoms with van der Waals surface area (Å²) in [6.45, 7) is 3.66. The van der Waals surface area contributed by atoms with Gasteiger partial charge in [-0.2, -0.15) is 0 Å². The zero-order valence-corrected chi connectivity index (χ0v) is 6.94. The lowest BCUT2D eigenvalue weighted by Crippen LogP contribution is -1.80. The van der Waals surface area contributed by atoms with Gasteiger partial charge < -0.3 is 5.11 Å². The third kappa shape index (κ3) is 1.33. The lowest BCUT2D eigenvalue weighted by Gasteiger charge is -2.04. The maximum absolute atomic E-state index is 9.44. The fraction of sp³-hybridized carbons (Fsp3) is 0.250. The van der Waals surface area contributed by atoms with Crippen molar-refractivity contribution in [2.45, 2.75) is 13.8 Å². The molecular formula is C8H9N3O. The number of azide groups is 1. The highest BCUT2D eigenvalue weighted by atomic mass is 16.3. The Morgan fingerprint density at radius 2 is 2.08 bits per heavy atom. The van der Waals surface area contributed by atoms with Gasteiger partial charge in [0.1, 0.15) is 5.75 Å². The smallest absolute Gasteiger partial charge is 0.128 e. The van der Waals surface area contributed by atoms with Crippen molar-refractivity contribution in [3.63, 3.8) is 0 Å². The summed E-state index contributed by atoms with van der Waals surface area (Å²) in [5.41, 5.74) is 10.2. The summed E-state index contributed by atoms with van der Waals surface area (Å²) >= 11 is 0. The first-order valence-corrected chi connectivity index (χ1v) is 3.51. The van der Waals surface area contributed by atoms with Gasteiger partial charge in [0.05, 0.1) is 5.69 Å². The van der Waals surface area contributed by atoms with Crippen LogP contribution in [0.2, 0.25) is 0 Å². The first-order valence-electron chi connectivity index (χ1n) is 3.51. The van der Waals surface area contributed by atoms with E-state index in [1.54, 1.807) is 19.1 Å². The molecule has 12 heavy (non-hydrogen) atoms. The van der Waals surface area contributed by atoms with Gasteiger partial charge in [-0.15, -0.1) is 0 Å². The minimum Gasteiger partial charge on any atom is -0.507 e. The van der Waals surface area contributed by atoms with Gasteiger partial charge in [0.25, 0.3) is 0 Å². The van der Waals surface area contributed by atoms with Gasteiger partial charge in [0.15, 0.2) is 0 Å². The van der Waals surface area contributed by atoms with E-state index in [1.165, 1.54) is 0 Å². The lowest BCUT2D eigenvalue weighted by molar-refractivity contribution is 0.472. The van der Waals surface area contributed by atoms with Gasteiger partial charge in [0, 0.05) is 4.91 Å². The molecule has 1 aromatic rings. The Morgan fingerprint density at radius 1 is 1.42 bits per heavy atom. The molecule has 0 aliphatic rings. The minimum atomic E-state index is 0.0628. The summed E-state index contributed by atoms with van der Waals surface area (Å²) in [7, 11) is 0. The van der Waals surface area contributed by atoms with E-state index in [2.05, 4.69) is 10.0 Å². The Bertz CT molecular complexity index is 354. The van der Waals surface area contributed by atoms with Crippen LogP contribution in [0.3, 0.4) is 0 Å². The normalized spacial score (nSPS) is 9.17. The fourth-order valence-electron chi connectivity index (χ4n) is 0.916. The number of aromatic hydroxyl groups is 1. The van der Waals surface area contributed by atoms with Crippen LogP contribution in [0.1, 0.15) is 11.1 Å². The van der Waals surface area contributed by atoms with Gasteiger partial charge in [0.2, 0.25) is 0 Å². The van der Waals surface area contributed by atoms with Crippen LogP contribution in [-0.2, 0) is 0 Å². The van der Waals surface area contributed by atoms with Crippen LogP contribution in [0.15, 0.2) is 17.2 Å². The van der Waals surface area contributed by atoms with E-state index in [9.17, 15) is 5.11 Å². The fourth-order valence-corrected chi connectivity index (χ4v) is 0.916. The Morgan fingerprint density at radius 3 is 2.67 bits per heavy atom. The van der Waals surface area contributed by atoms with Gasteiger partial charge >= 0.3 is 0 Å². The van der Waals surface area contributed by atoms with Crippen LogP contribution in [-0.4, -0.2) is 5.11 Å². The second-order valence-electron chi connectivity index (χ2n) is 2.56. The van der Waals surface area contributed by atoms with Crippen molar-refractivity contribution in [3.05, 3.63) is 33.7 Å². The lowest BCUT2D eigenvalue weighted by atomic mass is 10.1. The van der Waals surface area contributed by atoms with Crippen molar-refractivity contribution < 1.29 is 5.11 Å². The number of nitrogens with zero attached hydrogens (tertiary/aromatic N) is 3. The van der Waals surface area contributed by atoms with E-state index in [0.717, 1.165) is 11.1 Å². The Labute approximate surface area is 70.1 Å². The largest absolute Gasteiger partial charge is 0.507 e. The molecule has 0 bridgehead atoms. The van der Waals surface area contributed by atoms with Gasteiger partial charge in [-0.3, -0.25) is 0 Å². The molecule has 0 aliphatic heterocycles. The minimum absolute atomic E-state index is 0.0628. The van der Waals surface area contributed by atoms with Gasteiger partial charge in [-0.05, 0) is 36.6 Å². The molecule has 62 valence electrons. The van der Waals surface area contributed by atoms with Crippen molar-refractivity contribution in [2.75, 3.05) is 0 Å². The average Bonchev–Trinajstić information content (AvgIpc) is 2.07. The monoisotopic (exact) mass is 163 g/mol. The number of hydrogen-bond donors (Lipinski definition) is 1. The molecule has 0 fully saturated rings. The van der Waals surface area contributed by atoms with Gasteiger partial charge in [-0.1, -0.05) is 11.2 Å². The summed E-state index contributed by atoms with van der Waals surface area (Å²) < 4.78 is 0. The summed E-state index contributed by atoms with van der Waals surface area (Å²) in [4.78, 5) is 2.60. The number of rotatable bonds is 1. The second-order valence-corrected chi connectivity index (χ2v) is 2.56. The molecule has 1 N–H and O–H groups in total. The Hall–Kier alpha value is -1.67. The van der Waals surface area contributed by atoms with Gasteiger partial charge in [-0.25, -0.2) is 0 Å². The molecule has 4 nitrogen and oxygen atoms in total. The number of phenols is 1. The number of hydrogen-bond acceptors (Lipinski definition) is 2. The zero-order chi connectivity index (χ0) is 9.14. The quantitative estimate of drug-likeness (QED) is 0.386. The molecule has 0 saturated heterocycles. The first kappa shape index (κ1) is 8.43. The average molecular weight is 163 g/mol. The highest BCUT2D eigenvalue weighted by molar-refractivity contribution is 5.57. The van der Waals surface area contributed by atoms with Crippen LogP contribution in [0.5, 0.6) is 5.75 Å². The summed E-state index contributed by atoms with van der Waals surface area (Å²) in [5.74, 6) is 0.0628. The Balaban J connectivity index is 3.35. The van der Waals surface area contributed by atoms with Crippen molar-refractivity contribution in [3.8, 4) is 5.75 Å². The molecule has 0 spiro atoms. The number of aryl methyl sites for hydroxylation is 1. The topological polar surface area (TPSA) is 69.0 Å². The number of benzene rings is 1. The predicted molar refractivity (Wildman–Crippen MR) is 46.4 cm³/mol. The highest BCUT2D eigenvalue weighted by Gasteiger charge is 2.03. The second kappa shape index (κ2) is 3.15. The standard InChI is InChI=1S/C8H9N3O/c1-5-3-4-7(10-11-9)8(12)6(5)2/h3-4,12H,1-2H3. The third-order valence-corrected chi connectivity index (χ3v) is 1.83. The zero-order valence-electron chi connectivity index (χ0n) is 6.94. The van der Waals surface area contributed by atoms with Crippen LogP contribution >= 0.6 is 0 Å². The first-order chi connectivity index (χ1) is 5.66. The van der Waals surface area contributed by atoms with E-state index >= 15 is 0 Å². The van der Waals surface area contributed by atoms with E-state index in [0.29, 0.717) is 0 Å². The van der Waals surface area contributed by atoms with Crippen molar-refractivity contribution in [1.29, 1.82) is 0 Å². The molecule has 0 aromatic heterocycles. The molecule has 4 heteroatoms. The summed E-state index contributed by atoms with van der Waals surface area (Å²) in [6.07, 6.45) is 0. The van der Waals surface area contributed by atoms with Crippen molar-refractivity contribution in [1.82, 2.24) is 0 Å². The molecule has 0 heterocycles. The van der Waals surface area contributed by atoms with Crippen LogP contribution in [0.25, 0.3) is 10.4 Å². The highest BCUT2D eigenvalue weighted by Crippen LogP contribution is 2.31. The molecular weight excluding hydrogens is 154 g/mol. The molecule has 1 aromatic carbocycles. The Kier molecular flexibility index (Phi) is 2.21. The molecule has 0 unspecified atom stereocenters. The number of phenolic OH excluding ortho intramolecular Hbond substituents is 1. The van der Waals surface area contributed by atoms with E-state index in [1.807, 2.05) is 6.92 Å². The third-order valence-electron chi connectivity index (χ3n) is 1.83. The SMILES string of the molecule is Cc1ccc(N=[N+]=[N-])c(O)c1C. The van der Waals surface area contributed by atoms with Crippen molar-refractivity contribution >= 4 is 5.69 Å². The van der Waals surface area contributed by atoms with E-state index < -0.39 is 0 Å². The van der Waals surface area contributed by atoms with Crippen LogP contribution in [0.4, 0.5) is 5.69 Å². The summed E-state index contributed by atoms with van der Waals surface area (Å²) in [5, 5.41) is 12.8. The van der Waals surface area contributed by atoms with E-state index in [4.69, 9.17) is 5.53 Å². The molecule has 0 saturated carbocycles. The maximum Gasteiger partial charge on any atom is 0.128 e. The van der Waals surface area contributed by atoms with E-state index in [-0.39, 0.29) is 11.4 Å². The predicted octanol–water partition coefficient (Wildman–Crippen LogP) is 2.95. The maximum atomic E-state index is 9.44. The van der Waals surface area contributed by atoms with Crippen LogP contribution < -0.4 is 0 Å². The molecule has 0 amide bonds. The molecule has 1 rings (SSSR count). The molecule has 0 atom stereocenters. The summed E-state index contributed by atoms with van der Waals surface area (Å²) in [6, 6.07) is 3.40. The van der Waals surface area contributed by atoms with Crippen molar-refractivity contribution in [2.24, 2.45) is 5.11 Å². The molecule has 0 aliphatic carbocycles. The molecule has 0 radical (unpaired) electrons.